The van der Waals surface area contributed by atoms with Gasteiger partial charge in [-0.2, -0.15) is 0 Å². The highest BCUT2D eigenvalue weighted by Crippen LogP contribution is 2.40. The minimum atomic E-state index is 0.440. The molecule has 0 bridgehead atoms. The third-order valence-corrected chi connectivity index (χ3v) is 4.87. The Hall–Kier alpha value is -2.62. The van der Waals surface area contributed by atoms with E-state index in [1.807, 2.05) is 13.1 Å². The monoisotopic (exact) mass is 362 g/mol. The molecule has 0 spiro atoms. The minimum Gasteiger partial charge on any atom is -0.456 e. The summed E-state index contributed by atoms with van der Waals surface area (Å²) in [5.74, 6) is 1.23. The third-order valence-electron chi connectivity index (χ3n) is 4.56. The Morgan fingerprint density at radius 2 is 1.73 bits per heavy atom. The van der Waals surface area contributed by atoms with Crippen molar-refractivity contribution in [2.75, 3.05) is 7.05 Å². The summed E-state index contributed by atoms with van der Waals surface area (Å²) in [5, 5.41) is 12.6. The molecule has 4 heteroatoms. The fourth-order valence-electron chi connectivity index (χ4n) is 3.32. The highest BCUT2D eigenvalue weighted by Gasteiger charge is 2.17. The molecule has 0 radical (unpaired) electrons. The van der Waals surface area contributed by atoms with E-state index in [1.165, 1.54) is 0 Å². The van der Waals surface area contributed by atoms with Gasteiger partial charge in [0.15, 0.2) is 0 Å². The quantitative estimate of drug-likeness (QED) is 0.390. The largest absolute Gasteiger partial charge is 0.456 e. The van der Waals surface area contributed by atoms with Gasteiger partial charge in [-0.3, -0.25) is 0 Å². The molecule has 0 saturated heterocycles. The maximum Gasteiger partial charge on any atom is 0.137 e. The number of halogens is 1. The number of alkyl halides is 1. The van der Waals surface area contributed by atoms with Crippen molar-refractivity contribution in [2.45, 2.75) is 12.4 Å². The molecular formula is C22H19ClN2O. The maximum atomic E-state index is 7.94. The van der Waals surface area contributed by atoms with Gasteiger partial charge in [0.25, 0.3) is 0 Å². The van der Waals surface area contributed by atoms with Crippen LogP contribution in [0.3, 0.4) is 0 Å². The van der Waals surface area contributed by atoms with Crippen LogP contribution in [0.4, 0.5) is 0 Å². The number of hydrogen-bond donors (Lipinski definition) is 2. The molecule has 0 unspecified atom stereocenters. The molecule has 0 saturated carbocycles. The molecule has 0 amide bonds. The molecule has 3 nitrogen and oxygen atoms in total. The van der Waals surface area contributed by atoms with Crippen molar-refractivity contribution in [3.63, 3.8) is 0 Å². The second-order valence-electron chi connectivity index (χ2n) is 6.38. The highest BCUT2D eigenvalue weighted by molar-refractivity contribution is 6.17. The van der Waals surface area contributed by atoms with Gasteiger partial charge in [0.05, 0.1) is 5.36 Å². The van der Waals surface area contributed by atoms with E-state index in [9.17, 15) is 0 Å². The van der Waals surface area contributed by atoms with E-state index in [2.05, 4.69) is 47.8 Å². The number of nitrogens with one attached hydrogen (secondary N) is 2. The van der Waals surface area contributed by atoms with Crippen molar-refractivity contribution in [3.05, 3.63) is 77.1 Å². The van der Waals surface area contributed by atoms with Crippen LogP contribution >= 0.6 is 11.6 Å². The Labute approximate surface area is 157 Å². The number of rotatable bonds is 4. The Bertz CT molecular complexity index is 1100. The van der Waals surface area contributed by atoms with Gasteiger partial charge in [0.2, 0.25) is 0 Å². The summed E-state index contributed by atoms with van der Waals surface area (Å²) >= 11 is 5.94. The van der Waals surface area contributed by atoms with Gasteiger partial charge in [0.1, 0.15) is 11.3 Å². The SMILES string of the molecule is CNCc1ccc2c(-c3ccc(CCl)cc3)c3ccc(=N)cc-3oc2c1. The lowest BCUT2D eigenvalue weighted by atomic mass is 9.93. The lowest BCUT2D eigenvalue weighted by Gasteiger charge is -2.16. The molecular weight excluding hydrogens is 344 g/mol. The molecule has 0 fully saturated rings. The number of benzene rings is 3. The molecule has 0 atom stereocenters. The van der Waals surface area contributed by atoms with Crippen LogP contribution in [0, 0.1) is 5.41 Å². The maximum absolute atomic E-state index is 7.94. The lowest BCUT2D eigenvalue weighted by molar-refractivity contribution is 0.618. The average molecular weight is 363 g/mol. The zero-order valence-corrected chi connectivity index (χ0v) is 15.2. The lowest BCUT2D eigenvalue weighted by Crippen LogP contribution is -2.05. The van der Waals surface area contributed by atoms with Crippen molar-refractivity contribution in [1.82, 2.24) is 5.32 Å². The summed E-state index contributed by atoms with van der Waals surface area (Å²) in [6.07, 6.45) is 0. The Balaban J connectivity index is 2.04. The zero-order valence-electron chi connectivity index (χ0n) is 14.5. The molecule has 1 heterocycles. The van der Waals surface area contributed by atoms with E-state index in [0.29, 0.717) is 11.2 Å². The molecule has 4 rings (SSSR count). The molecule has 2 aromatic rings. The fraction of sp³-hybridized carbons (Fsp3) is 0.136. The van der Waals surface area contributed by atoms with Crippen molar-refractivity contribution in [2.24, 2.45) is 0 Å². The van der Waals surface area contributed by atoms with Crippen LogP contribution in [0.25, 0.3) is 33.4 Å². The fourth-order valence-corrected chi connectivity index (χ4v) is 3.50. The topological polar surface area (TPSA) is 49.0 Å². The predicted molar refractivity (Wildman–Crippen MR) is 106 cm³/mol. The van der Waals surface area contributed by atoms with Crippen LogP contribution in [0.2, 0.25) is 0 Å². The summed E-state index contributed by atoms with van der Waals surface area (Å²) in [5.41, 5.74) is 6.32. The molecule has 2 N–H and O–H groups in total. The van der Waals surface area contributed by atoms with Gasteiger partial charge >= 0.3 is 0 Å². The van der Waals surface area contributed by atoms with Crippen LogP contribution in [-0.4, -0.2) is 7.05 Å². The minimum absolute atomic E-state index is 0.440. The Kier molecular flexibility index (Phi) is 4.49. The van der Waals surface area contributed by atoms with Crippen molar-refractivity contribution < 1.29 is 4.42 Å². The standard InChI is InChI=1S/C22H19ClN2O/c1-25-13-15-4-8-18-20(10-15)26-21-11-17(24)7-9-19(21)22(18)16-5-2-14(12-23)3-6-16/h2-11,24-25H,12-13H2,1H3. The molecule has 1 aliphatic carbocycles. The molecule has 2 aliphatic rings. The van der Waals surface area contributed by atoms with Gasteiger partial charge in [-0.25, -0.2) is 0 Å². The first-order valence-corrected chi connectivity index (χ1v) is 9.07. The van der Waals surface area contributed by atoms with E-state index in [0.717, 1.165) is 51.1 Å². The van der Waals surface area contributed by atoms with Crippen LogP contribution in [0.5, 0.6) is 0 Å². The van der Waals surface area contributed by atoms with Gasteiger partial charge in [-0.05, 0) is 41.9 Å². The predicted octanol–water partition coefficient (Wildman–Crippen LogP) is 5.14. The Morgan fingerprint density at radius 1 is 0.962 bits per heavy atom. The average Bonchev–Trinajstić information content (AvgIpc) is 2.66. The first-order chi connectivity index (χ1) is 12.7. The van der Waals surface area contributed by atoms with E-state index < -0.39 is 0 Å². The Morgan fingerprint density at radius 3 is 2.46 bits per heavy atom. The zero-order chi connectivity index (χ0) is 18.1. The van der Waals surface area contributed by atoms with Crippen LogP contribution in [-0.2, 0) is 12.4 Å². The summed E-state index contributed by atoms with van der Waals surface area (Å²) in [6.45, 7) is 0.779. The summed E-state index contributed by atoms with van der Waals surface area (Å²) in [4.78, 5) is 0. The molecule has 26 heavy (non-hydrogen) atoms. The molecule has 130 valence electrons. The first kappa shape index (κ1) is 16.8. The van der Waals surface area contributed by atoms with Crippen molar-refractivity contribution in [3.8, 4) is 22.5 Å². The van der Waals surface area contributed by atoms with Crippen LogP contribution in [0.15, 0.2) is 65.1 Å². The second kappa shape index (κ2) is 6.94. The van der Waals surface area contributed by atoms with Crippen LogP contribution in [0.1, 0.15) is 11.1 Å². The van der Waals surface area contributed by atoms with Gasteiger partial charge < -0.3 is 15.1 Å². The van der Waals surface area contributed by atoms with E-state index >= 15 is 0 Å². The molecule has 0 aromatic heterocycles. The van der Waals surface area contributed by atoms with Crippen molar-refractivity contribution >= 4 is 22.6 Å². The molecule has 2 aromatic carbocycles. The van der Waals surface area contributed by atoms with Crippen molar-refractivity contribution in [1.29, 1.82) is 5.41 Å². The third kappa shape index (κ3) is 3.00. The molecule has 1 aliphatic heterocycles. The summed E-state index contributed by atoms with van der Waals surface area (Å²) < 4.78 is 6.15. The second-order valence-corrected chi connectivity index (χ2v) is 6.65. The first-order valence-electron chi connectivity index (χ1n) is 8.53. The van der Waals surface area contributed by atoms with E-state index in [-0.39, 0.29) is 0 Å². The van der Waals surface area contributed by atoms with Crippen LogP contribution < -0.4 is 10.7 Å². The normalized spacial score (nSPS) is 11.3. The van der Waals surface area contributed by atoms with Gasteiger partial charge in [-0.15, -0.1) is 11.6 Å². The van der Waals surface area contributed by atoms with Gasteiger partial charge in [-0.1, -0.05) is 36.4 Å². The number of fused-ring (bicyclic) bond motifs is 2. The number of hydrogen-bond acceptors (Lipinski definition) is 3. The smallest absolute Gasteiger partial charge is 0.137 e. The van der Waals surface area contributed by atoms with E-state index in [1.54, 1.807) is 12.1 Å². The highest BCUT2D eigenvalue weighted by atomic mass is 35.5. The van der Waals surface area contributed by atoms with E-state index in [4.69, 9.17) is 21.4 Å². The summed E-state index contributed by atoms with van der Waals surface area (Å²) in [7, 11) is 1.93. The summed E-state index contributed by atoms with van der Waals surface area (Å²) in [6, 6.07) is 20.2. The van der Waals surface area contributed by atoms with Gasteiger partial charge in [0, 0.05) is 35.0 Å².